The molecule has 6 heteroatoms. The molecule has 0 amide bonds. The van der Waals surface area contributed by atoms with Crippen molar-refractivity contribution in [1.29, 1.82) is 0 Å². The zero-order valence-corrected chi connectivity index (χ0v) is 10.00. The monoisotopic (exact) mass is 250 g/mol. The molecule has 96 valence electrons. The molecule has 1 N–H and O–H groups in total. The van der Waals surface area contributed by atoms with Crippen molar-refractivity contribution >= 4 is 17.6 Å². The average molecular weight is 250 g/mol. The molecule has 0 radical (unpaired) electrons. The summed E-state index contributed by atoms with van der Waals surface area (Å²) < 4.78 is 4.59. The van der Waals surface area contributed by atoms with Crippen molar-refractivity contribution in [2.24, 2.45) is 0 Å². The van der Waals surface area contributed by atoms with Crippen LogP contribution in [0.25, 0.3) is 0 Å². The van der Waals surface area contributed by atoms with E-state index in [0.717, 1.165) is 12.8 Å². The summed E-state index contributed by atoms with van der Waals surface area (Å²) in [5.41, 5.74) is 0.876. The summed E-state index contributed by atoms with van der Waals surface area (Å²) in [6.07, 6.45) is 3.44. The van der Waals surface area contributed by atoms with E-state index in [0.29, 0.717) is 5.69 Å². The first-order chi connectivity index (χ1) is 8.61. The van der Waals surface area contributed by atoms with E-state index >= 15 is 0 Å². The zero-order valence-electron chi connectivity index (χ0n) is 10.00. The SMILES string of the molecule is COC(=O)c1cc(N(CC(=O)O)C2CC2)ccn1. The van der Waals surface area contributed by atoms with E-state index in [-0.39, 0.29) is 18.3 Å². The van der Waals surface area contributed by atoms with Crippen molar-refractivity contribution in [3.63, 3.8) is 0 Å². The molecule has 0 unspecified atom stereocenters. The standard InChI is InChI=1S/C12H14N2O4/c1-18-12(17)10-6-9(4-5-13-10)14(7-11(15)16)8-2-3-8/h4-6,8H,2-3,7H2,1H3,(H,15,16). The van der Waals surface area contributed by atoms with E-state index in [2.05, 4.69) is 9.72 Å². The van der Waals surface area contributed by atoms with Gasteiger partial charge in [-0.15, -0.1) is 0 Å². The van der Waals surface area contributed by atoms with Gasteiger partial charge >= 0.3 is 11.9 Å². The highest BCUT2D eigenvalue weighted by molar-refractivity contribution is 5.88. The lowest BCUT2D eigenvalue weighted by Gasteiger charge is -2.22. The van der Waals surface area contributed by atoms with Gasteiger partial charge in [-0.2, -0.15) is 0 Å². The lowest BCUT2D eigenvalue weighted by Crippen LogP contribution is -2.31. The maximum absolute atomic E-state index is 11.4. The minimum absolute atomic E-state index is 0.0741. The maximum Gasteiger partial charge on any atom is 0.356 e. The molecule has 1 aliphatic rings. The molecule has 0 saturated heterocycles. The van der Waals surface area contributed by atoms with Gasteiger partial charge in [0.05, 0.1) is 7.11 Å². The molecule has 2 rings (SSSR count). The number of hydrogen-bond acceptors (Lipinski definition) is 5. The molecule has 0 bridgehead atoms. The molecular formula is C12H14N2O4. The van der Waals surface area contributed by atoms with E-state index in [4.69, 9.17) is 5.11 Å². The van der Waals surface area contributed by atoms with Gasteiger partial charge in [0.15, 0.2) is 0 Å². The maximum atomic E-state index is 11.4. The molecule has 1 aromatic rings. The van der Waals surface area contributed by atoms with Crippen LogP contribution in [0.2, 0.25) is 0 Å². The van der Waals surface area contributed by atoms with Gasteiger partial charge in [-0.1, -0.05) is 0 Å². The normalized spacial score (nSPS) is 14.1. The minimum Gasteiger partial charge on any atom is -0.480 e. The molecular weight excluding hydrogens is 236 g/mol. The van der Waals surface area contributed by atoms with Gasteiger partial charge < -0.3 is 14.7 Å². The van der Waals surface area contributed by atoms with E-state index in [1.165, 1.54) is 13.3 Å². The Morgan fingerprint density at radius 2 is 2.28 bits per heavy atom. The van der Waals surface area contributed by atoms with E-state index < -0.39 is 11.9 Å². The number of esters is 1. The van der Waals surface area contributed by atoms with Gasteiger partial charge in [-0.25, -0.2) is 9.78 Å². The molecule has 0 spiro atoms. The molecule has 18 heavy (non-hydrogen) atoms. The zero-order chi connectivity index (χ0) is 13.1. The predicted molar refractivity (Wildman–Crippen MR) is 63.6 cm³/mol. The van der Waals surface area contributed by atoms with Gasteiger partial charge in [0.1, 0.15) is 12.2 Å². The minimum atomic E-state index is -0.890. The Kier molecular flexibility index (Phi) is 3.45. The van der Waals surface area contributed by atoms with Crippen molar-refractivity contribution in [2.45, 2.75) is 18.9 Å². The van der Waals surface area contributed by atoms with Crippen molar-refractivity contribution in [3.05, 3.63) is 24.0 Å². The van der Waals surface area contributed by atoms with Crippen LogP contribution in [-0.4, -0.2) is 41.7 Å². The smallest absolute Gasteiger partial charge is 0.356 e. The fourth-order valence-corrected chi connectivity index (χ4v) is 1.78. The van der Waals surface area contributed by atoms with Crippen molar-refractivity contribution in [2.75, 3.05) is 18.6 Å². The van der Waals surface area contributed by atoms with Crippen LogP contribution >= 0.6 is 0 Å². The number of carbonyl (C=O) groups excluding carboxylic acids is 1. The number of hydrogen-bond donors (Lipinski definition) is 1. The quantitative estimate of drug-likeness (QED) is 0.783. The van der Waals surface area contributed by atoms with Crippen molar-refractivity contribution in [1.82, 2.24) is 4.98 Å². The van der Waals surface area contributed by atoms with Crippen LogP contribution < -0.4 is 4.90 Å². The van der Waals surface area contributed by atoms with Crippen LogP contribution in [0.1, 0.15) is 23.3 Å². The van der Waals surface area contributed by atoms with E-state index in [1.54, 1.807) is 17.0 Å². The van der Waals surface area contributed by atoms with Crippen LogP contribution in [0.3, 0.4) is 0 Å². The third-order valence-electron chi connectivity index (χ3n) is 2.76. The summed E-state index contributed by atoms with van der Waals surface area (Å²) in [7, 11) is 1.28. The summed E-state index contributed by atoms with van der Waals surface area (Å²) in [6.45, 7) is -0.0741. The summed E-state index contributed by atoms with van der Waals surface area (Å²) >= 11 is 0. The number of nitrogens with zero attached hydrogens (tertiary/aromatic N) is 2. The molecule has 6 nitrogen and oxygen atoms in total. The second kappa shape index (κ2) is 5.03. The van der Waals surface area contributed by atoms with Gasteiger partial charge in [0.25, 0.3) is 0 Å². The molecule has 1 heterocycles. The molecule has 1 aromatic heterocycles. The summed E-state index contributed by atoms with van der Waals surface area (Å²) in [6, 6.07) is 3.51. The lowest BCUT2D eigenvalue weighted by atomic mass is 10.2. The van der Waals surface area contributed by atoms with Gasteiger partial charge in [-0.3, -0.25) is 4.79 Å². The third-order valence-corrected chi connectivity index (χ3v) is 2.76. The number of ether oxygens (including phenoxy) is 1. The summed E-state index contributed by atoms with van der Waals surface area (Å²) in [4.78, 5) is 27.9. The number of rotatable bonds is 5. The largest absolute Gasteiger partial charge is 0.480 e. The highest BCUT2D eigenvalue weighted by atomic mass is 16.5. The highest BCUT2D eigenvalue weighted by Gasteiger charge is 2.31. The lowest BCUT2D eigenvalue weighted by molar-refractivity contribution is -0.135. The number of aromatic nitrogens is 1. The highest BCUT2D eigenvalue weighted by Crippen LogP contribution is 2.31. The number of carboxylic acid groups (broad SMARTS) is 1. The molecule has 0 atom stereocenters. The van der Waals surface area contributed by atoms with Crippen LogP contribution in [0, 0.1) is 0 Å². The van der Waals surface area contributed by atoms with Gasteiger partial charge in [0, 0.05) is 17.9 Å². The second-order valence-electron chi connectivity index (χ2n) is 4.14. The van der Waals surface area contributed by atoms with Gasteiger partial charge in [0.2, 0.25) is 0 Å². The van der Waals surface area contributed by atoms with Crippen molar-refractivity contribution < 1.29 is 19.4 Å². The summed E-state index contributed by atoms with van der Waals surface area (Å²) in [5, 5.41) is 8.90. The third kappa shape index (κ3) is 2.77. The second-order valence-corrected chi connectivity index (χ2v) is 4.14. The van der Waals surface area contributed by atoms with E-state index in [9.17, 15) is 9.59 Å². The molecule has 1 aliphatic carbocycles. The first kappa shape index (κ1) is 12.3. The van der Waals surface area contributed by atoms with Crippen LogP contribution in [0.5, 0.6) is 0 Å². The Labute approximate surface area is 104 Å². The molecule has 0 aromatic carbocycles. The molecule has 1 saturated carbocycles. The first-order valence-electron chi connectivity index (χ1n) is 5.64. The van der Waals surface area contributed by atoms with Crippen molar-refractivity contribution in [3.8, 4) is 0 Å². The number of carbonyl (C=O) groups is 2. The van der Waals surface area contributed by atoms with Crippen LogP contribution in [-0.2, 0) is 9.53 Å². The number of carboxylic acids is 1. The first-order valence-corrected chi connectivity index (χ1v) is 5.64. The molecule has 0 aliphatic heterocycles. The molecule has 1 fully saturated rings. The average Bonchev–Trinajstić information content (AvgIpc) is 3.19. The topological polar surface area (TPSA) is 79.7 Å². The Bertz CT molecular complexity index is 471. The predicted octanol–water partition coefficient (Wildman–Crippen LogP) is 0.922. The van der Waals surface area contributed by atoms with E-state index in [1.807, 2.05) is 0 Å². The Hall–Kier alpha value is -2.11. The number of pyridine rings is 1. The Balaban J connectivity index is 2.24. The Morgan fingerprint density at radius 3 is 2.83 bits per heavy atom. The fraction of sp³-hybridized carbons (Fsp3) is 0.417. The Morgan fingerprint density at radius 1 is 1.56 bits per heavy atom. The number of aliphatic carboxylic acids is 1. The van der Waals surface area contributed by atoms with Crippen LogP contribution in [0.4, 0.5) is 5.69 Å². The fourth-order valence-electron chi connectivity index (χ4n) is 1.78. The number of methoxy groups -OCH3 is 1. The number of anilines is 1. The van der Waals surface area contributed by atoms with Gasteiger partial charge in [-0.05, 0) is 25.0 Å². The van der Waals surface area contributed by atoms with Crippen LogP contribution in [0.15, 0.2) is 18.3 Å². The summed E-state index contributed by atoms with van der Waals surface area (Å²) in [5.74, 6) is -1.42.